The molecular formula is C32H30N4O6. The first-order valence-corrected chi connectivity index (χ1v) is 13.5. The van der Waals surface area contributed by atoms with Gasteiger partial charge in [0.15, 0.2) is 17.7 Å². The third-order valence-corrected chi connectivity index (χ3v) is 8.28. The third-order valence-electron chi connectivity index (χ3n) is 8.28. The number of pyridine rings is 4. The van der Waals surface area contributed by atoms with Crippen molar-refractivity contribution in [3.63, 3.8) is 0 Å². The van der Waals surface area contributed by atoms with Crippen LogP contribution >= 0.6 is 0 Å². The van der Waals surface area contributed by atoms with Crippen LogP contribution in [-0.2, 0) is 14.1 Å². The van der Waals surface area contributed by atoms with E-state index in [9.17, 15) is 24.3 Å². The molecule has 10 heteroatoms. The van der Waals surface area contributed by atoms with Crippen LogP contribution in [0.5, 0.6) is 11.5 Å². The minimum Gasteiger partial charge on any atom is -0.504 e. The lowest BCUT2D eigenvalue weighted by atomic mass is 10.0. The van der Waals surface area contributed by atoms with Gasteiger partial charge < -0.3 is 24.0 Å². The number of rotatable bonds is 0. The quantitative estimate of drug-likeness (QED) is 0.267. The van der Waals surface area contributed by atoms with E-state index in [1.165, 1.54) is 16.7 Å². The normalized spacial score (nSPS) is 14.0. The summed E-state index contributed by atoms with van der Waals surface area (Å²) in [4.78, 5) is 50.5. The van der Waals surface area contributed by atoms with Gasteiger partial charge in [-0.05, 0) is 69.0 Å². The average Bonchev–Trinajstić information content (AvgIpc) is 3.27. The molecule has 7 rings (SSSR count). The molecule has 0 spiro atoms. The lowest BCUT2D eigenvalue weighted by molar-refractivity contribution is 0.181. The molecule has 0 aliphatic carbocycles. The van der Waals surface area contributed by atoms with Crippen molar-refractivity contribution >= 4 is 43.6 Å². The number of phenolic OH excluding ortho intramolecular Hbond substituents is 1. The average molecular weight is 567 g/mol. The Morgan fingerprint density at radius 2 is 1.14 bits per heavy atom. The number of aromatic hydroxyl groups is 1. The van der Waals surface area contributed by atoms with Crippen LogP contribution in [0, 0.1) is 27.7 Å². The zero-order valence-electron chi connectivity index (χ0n) is 24.4. The van der Waals surface area contributed by atoms with Crippen LogP contribution in [-0.4, -0.2) is 23.8 Å². The van der Waals surface area contributed by atoms with Gasteiger partial charge in [0.1, 0.15) is 0 Å². The van der Waals surface area contributed by atoms with Crippen molar-refractivity contribution in [1.29, 1.82) is 0 Å². The summed E-state index contributed by atoms with van der Waals surface area (Å²) in [7, 11) is 3.33. The molecule has 42 heavy (non-hydrogen) atoms. The summed E-state index contributed by atoms with van der Waals surface area (Å²) in [5.41, 5.74) is 5.13. The van der Waals surface area contributed by atoms with Crippen molar-refractivity contribution in [2.75, 3.05) is 0 Å². The van der Waals surface area contributed by atoms with Gasteiger partial charge in [0.25, 0.3) is 16.7 Å². The van der Waals surface area contributed by atoms with Crippen molar-refractivity contribution < 1.29 is 9.84 Å². The number of benzene rings is 2. The summed E-state index contributed by atoms with van der Waals surface area (Å²) in [5, 5.41) is 14.0. The molecule has 214 valence electrons. The Kier molecular flexibility index (Phi) is 5.93. The second-order valence-electron chi connectivity index (χ2n) is 11.1. The van der Waals surface area contributed by atoms with E-state index in [1.54, 1.807) is 35.4 Å². The minimum atomic E-state index is -0.369. The second kappa shape index (κ2) is 9.20. The highest BCUT2D eigenvalue weighted by Gasteiger charge is 2.28. The predicted molar refractivity (Wildman–Crippen MR) is 164 cm³/mol. The van der Waals surface area contributed by atoms with E-state index in [0.717, 1.165) is 54.8 Å². The molecule has 1 aliphatic heterocycles. The maximum atomic E-state index is 12.3. The van der Waals surface area contributed by atoms with E-state index < -0.39 is 0 Å². The monoisotopic (exact) mass is 566 g/mol. The van der Waals surface area contributed by atoms with E-state index in [-0.39, 0.29) is 34.2 Å². The number of nitrogens with one attached hydrogen (secondary N) is 1. The smallest absolute Gasteiger partial charge is 0.254 e. The number of hydrogen-bond acceptors (Lipinski definition) is 6. The SMILES string of the molecule is Cc1cc(=O)[nH]c2c(O)c3c(cc12)c(C)cc(=O)n3C.Cc1cc(=O)n(C)c2c3c4c(cc12)c(C)cc(=O)n4C(C)O3. The molecule has 5 heterocycles. The van der Waals surface area contributed by atoms with Crippen LogP contribution in [0.1, 0.15) is 35.4 Å². The number of phenols is 1. The van der Waals surface area contributed by atoms with Crippen LogP contribution in [0.4, 0.5) is 0 Å². The molecule has 1 atom stereocenters. The van der Waals surface area contributed by atoms with Crippen LogP contribution in [0.3, 0.4) is 0 Å². The molecule has 2 aromatic carbocycles. The number of ether oxygens (including phenoxy) is 1. The Labute approximate surface area is 238 Å². The summed E-state index contributed by atoms with van der Waals surface area (Å²) in [6.07, 6.45) is -0.369. The number of nitrogens with zero attached hydrogens (tertiary/aromatic N) is 3. The van der Waals surface area contributed by atoms with Gasteiger partial charge in [-0.2, -0.15) is 0 Å². The third kappa shape index (κ3) is 3.78. The number of aromatic nitrogens is 4. The summed E-state index contributed by atoms with van der Waals surface area (Å²) in [6, 6.07) is 10.2. The summed E-state index contributed by atoms with van der Waals surface area (Å²) in [6.45, 7) is 9.34. The molecular weight excluding hydrogens is 536 g/mol. The van der Waals surface area contributed by atoms with Gasteiger partial charge in [0, 0.05) is 59.9 Å². The fourth-order valence-corrected chi connectivity index (χ4v) is 6.06. The minimum absolute atomic E-state index is 0.0680. The first kappa shape index (κ1) is 27.1. The summed E-state index contributed by atoms with van der Waals surface area (Å²) >= 11 is 0. The Morgan fingerprint density at radius 1 is 0.667 bits per heavy atom. The van der Waals surface area contributed by atoms with Crippen LogP contribution in [0.25, 0.3) is 43.6 Å². The number of hydrogen-bond donors (Lipinski definition) is 2. The maximum Gasteiger partial charge on any atom is 0.254 e. The fourth-order valence-electron chi connectivity index (χ4n) is 6.06. The van der Waals surface area contributed by atoms with E-state index in [1.807, 2.05) is 40.7 Å². The highest BCUT2D eigenvalue weighted by atomic mass is 16.5. The first-order chi connectivity index (χ1) is 19.8. The molecule has 0 radical (unpaired) electrons. The zero-order valence-corrected chi connectivity index (χ0v) is 24.4. The number of fused-ring (bicyclic) bond motifs is 4. The van der Waals surface area contributed by atoms with Crippen LogP contribution in [0.15, 0.2) is 55.6 Å². The second-order valence-corrected chi connectivity index (χ2v) is 11.1. The predicted octanol–water partition coefficient (Wildman–Crippen LogP) is 4.08. The van der Waals surface area contributed by atoms with Gasteiger partial charge in [-0.1, -0.05) is 0 Å². The van der Waals surface area contributed by atoms with E-state index >= 15 is 0 Å². The molecule has 4 aromatic heterocycles. The Balaban J connectivity index is 0.000000151. The zero-order chi connectivity index (χ0) is 30.4. The highest BCUT2D eigenvalue weighted by Crippen LogP contribution is 2.42. The van der Waals surface area contributed by atoms with Crippen molar-refractivity contribution in [3.05, 3.63) is 100 Å². The fraction of sp³-hybridized carbons (Fsp3) is 0.250. The maximum absolute atomic E-state index is 12.3. The van der Waals surface area contributed by atoms with Gasteiger partial charge in [-0.3, -0.25) is 23.7 Å². The number of aromatic amines is 1. The molecule has 1 unspecified atom stereocenters. The van der Waals surface area contributed by atoms with Crippen molar-refractivity contribution in [2.45, 2.75) is 40.8 Å². The molecule has 0 amide bonds. The van der Waals surface area contributed by atoms with Crippen LogP contribution in [0.2, 0.25) is 0 Å². The van der Waals surface area contributed by atoms with Gasteiger partial charge in [-0.25, -0.2) is 0 Å². The standard InChI is InChI=1S/C17H16N2O3.C15H14N2O3/c1-8-5-13(20)18(4)15-11(8)7-12-9(2)6-14(21)19-10(3)22-17(15)16(12)19;1-7-4-11(18)16-13-9(7)6-10-8(2)5-12(19)17(3)14(10)15(13)20/h5-7,10H,1-4H3;4-6,20H,1-3H3,(H,16,18). The van der Waals surface area contributed by atoms with Gasteiger partial charge >= 0.3 is 0 Å². The number of H-pyrrole nitrogens is 1. The van der Waals surface area contributed by atoms with Gasteiger partial charge in [0.2, 0.25) is 5.56 Å². The highest BCUT2D eigenvalue weighted by molar-refractivity contribution is 6.05. The van der Waals surface area contributed by atoms with Crippen LogP contribution < -0.4 is 27.0 Å². The largest absolute Gasteiger partial charge is 0.504 e. The molecule has 0 bridgehead atoms. The van der Waals surface area contributed by atoms with Gasteiger partial charge in [-0.15, -0.1) is 0 Å². The molecule has 0 fully saturated rings. The van der Waals surface area contributed by atoms with Crippen molar-refractivity contribution in [1.82, 2.24) is 18.7 Å². The topological polar surface area (TPSA) is 128 Å². The lowest BCUT2D eigenvalue weighted by Gasteiger charge is -2.12. The summed E-state index contributed by atoms with van der Waals surface area (Å²) in [5.74, 6) is 0.561. The first-order valence-electron chi connectivity index (χ1n) is 13.5. The molecule has 2 N–H and O–H groups in total. The Hall–Kier alpha value is -5.12. The van der Waals surface area contributed by atoms with Gasteiger partial charge in [0.05, 0.1) is 22.1 Å². The number of aryl methyl sites for hydroxylation is 6. The Morgan fingerprint density at radius 3 is 1.76 bits per heavy atom. The van der Waals surface area contributed by atoms with E-state index in [4.69, 9.17) is 4.74 Å². The molecule has 0 saturated carbocycles. The molecule has 0 saturated heterocycles. The van der Waals surface area contributed by atoms with E-state index in [2.05, 4.69) is 11.1 Å². The molecule has 1 aliphatic rings. The lowest BCUT2D eigenvalue weighted by Crippen LogP contribution is -2.21. The molecule has 6 aromatic rings. The Bertz CT molecular complexity index is 2410. The van der Waals surface area contributed by atoms with E-state index in [0.29, 0.717) is 16.8 Å². The summed E-state index contributed by atoms with van der Waals surface area (Å²) < 4.78 is 10.6. The molecule has 10 nitrogen and oxygen atoms in total. The van der Waals surface area contributed by atoms with Crippen molar-refractivity contribution in [2.24, 2.45) is 14.1 Å². The van der Waals surface area contributed by atoms with Crippen molar-refractivity contribution in [3.8, 4) is 11.5 Å².